The van der Waals surface area contributed by atoms with Crippen molar-refractivity contribution in [2.24, 2.45) is 10.7 Å². The third-order valence-electron chi connectivity index (χ3n) is 5.13. The minimum Gasteiger partial charge on any atom is -0.369 e. The van der Waals surface area contributed by atoms with Crippen LogP contribution in [0.4, 0.5) is 26.3 Å². The van der Waals surface area contributed by atoms with Crippen LogP contribution in [0.5, 0.6) is 0 Å². The van der Waals surface area contributed by atoms with E-state index in [1.54, 1.807) is 0 Å². The van der Waals surface area contributed by atoms with E-state index in [1.807, 2.05) is 5.32 Å². The van der Waals surface area contributed by atoms with Gasteiger partial charge in [-0.25, -0.2) is 9.97 Å². The molecule has 38 heavy (non-hydrogen) atoms. The van der Waals surface area contributed by atoms with Crippen molar-refractivity contribution in [2.75, 3.05) is 0 Å². The van der Waals surface area contributed by atoms with Crippen LogP contribution in [-0.2, 0) is 12.4 Å². The molecule has 0 saturated heterocycles. The number of aromatic amines is 2. The van der Waals surface area contributed by atoms with Crippen molar-refractivity contribution in [3.05, 3.63) is 83.4 Å². The molecule has 0 aliphatic heterocycles. The maximum atomic E-state index is 13.6. The van der Waals surface area contributed by atoms with Gasteiger partial charge in [-0.05, 0) is 36.4 Å². The molecule has 15 heteroatoms. The summed E-state index contributed by atoms with van der Waals surface area (Å²) in [5.41, 5.74) is 1.59. The van der Waals surface area contributed by atoms with Crippen LogP contribution >= 0.6 is 0 Å². The van der Waals surface area contributed by atoms with Gasteiger partial charge in [0.2, 0.25) is 5.96 Å². The predicted octanol–water partition coefficient (Wildman–Crippen LogP) is 4.39. The zero-order chi connectivity index (χ0) is 27.7. The first kappa shape index (κ1) is 26.1. The van der Waals surface area contributed by atoms with E-state index in [0.717, 1.165) is 24.3 Å². The minimum atomic E-state index is -4.85. The van der Waals surface area contributed by atoms with Gasteiger partial charge in [0.15, 0.2) is 0 Å². The second-order valence-corrected chi connectivity index (χ2v) is 7.65. The molecule has 0 bridgehead atoms. The van der Waals surface area contributed by atoms with Crippen molar-refractivity contribution in [1.82, 2.24) is 25.3 Å². The maximum Gasteiger partial charge on any atom is 0.417 e. The van der Waals surface area contributed by atoms with Crippen LogP contribution in [0.1, 0.15) is 31.8 Å². The Balaban J connectivity index is 1.57. The number of hydrogen-bond donors (Lipinski definition) is 4. The highest BCUT2D eigenvalue weighted by molar-refractivity contribution is 6.10. The number of carbonyl (C=O) groups excluding carboxylic acids is 2. The average Bonchev–Trinajstić information content (AvgIpc) is 3.57. The van der Waals surface area contributed by atoms with Crippen LogP contribution in [0, 0.1) is 0 Å². The molecule has 0 aliphatic carbocycles. The van der Waals surface area contributed by atoms with Gasteiger partial charge < -0.3 is 15.7 Å². The van der Waals surface area contributed by atoms with Crippen molar-refractivity contribution >= 4 is 17.8 Å². The molecule has 0 unspecified atom stereocenters. The zero-order valence-corrected chi connectivity index (χ0v) is 18.8. The normalized spacial score (nSPS) is 12.4. The molecular formula is C23H15F6N7O2. The topological polar surface area (TPSA) is 142 Å². The van der Waals surface area contributed by atoms with E-state index >= 15 is 0 Å². The Labute approximate surface area is 208 Å². The third-order valence-corrected chi connectivity index (χ3v) is 5.13. The molecule has 0 saturated carbocycles. The molecule has 2 aromatic carbocycles. The Morgan fingerprint density at radius 1 is 0.789 bits per heavy atom. The van der Waals surface area contributed by atoms with Crippen LogP contribution < -0.4 is 11.1 Å². The molecule has 196 valence electrons. The van der Waals surface area contributed by atoms with Crippen molar-refractivity contribution in [2.45, 2.75) is 12.4 Å². The van der Waals surface area contributed by atoms with E-state index in [1.165, 1.54) is 24.8 Å². The predicted molar refractivity (Wildman–Crippen MR) is 121 cm³/mol. The van der Waals surface area contributed by atoms with Gasteiger partial charge in [0.05, 0.1) is 11.1 Å². The summed E-state index contributed by atoms with van der Waals surface area (Å²) in [5.74, 6) is -3.37. The Bertz CT molecular complexity index is 1510. The van der Waals surface area contributed by atoms with Gasteiger partial charge in [0.1, 0.15) is 11.6 Å². The lowest BCUT2D eigenvalue weighted by Crippen LogP contribution is -2.37. The summed E-state index contributed by atoms with van der Waals surface area (Å²) in [7, 11) is 0. The van der Waals surface area contributed by atoms with Crippen LogP contribution in [0.25, 0.3) is 22.8 Å². The molecule has 2 amide bonds. The molecule has 5 N–H and O–H groups in total. The lowest BCUT2D eigenvalue weighted by Gasteiger charge is -2.13. The van der Waals surface area contributed by atoms with Crippen molar-refractivity contribution in [3.63, 3.8) is 0 Å². The highest BCUT2D eigenvalue weighted by Gasteiger charge is 2.36. The van der Waals surface area contributed by atoms with Gasteiger partial charge in [-0.2, -0.15) is 31.3 Å². The maximum absolute atomic E-state index is 13.6. The number of nitrogens with one attached hydrogen (secondary N) is 3. The number of amides is 2. The van der Waals surface area contributed by atoms with Crippen LogP contribution in [0.3, 0.4) is 0 Å². The van der Waals surface area contributed by atoms with E-state index in [4.69, 9.17) is 5.73 Å². The first-order chi connectivity index (χ1) is 17.8. The number of nitrogens with two attached hydrogens (primary N) is 1. The number of benzene rings is 2. The molecule has 4 aromatic rings. The fourth-order valence-electron chi connectivity index (χ4n) is 3.46. The molecule has 0 radical (unpaired) electrons. The van der Waals surface area contributed by atoms with Crippen LogP contribution in [-0.4, -0.2) is 37.7 Å². The lowest BCUT2D eigenvalue weighted by molar-refractivity contribution is -0.138. The number of imidazole rings is 2. The molecule has 2 aromatic heterocycles. The summed E-state index contributed by atoms with van der Waals surface area (Å²) >= 11 is 0. The number of guanidine groups is 1. The van der Waals surface area contributed by atoms with E-state index in [2.05, 4.69) is 24.9 Å². The number of hydrogen-bond acceptors (Lipinski definition) is 4. The highest BCUT2D eigenvalue weighted by Crippen LogP contribution is 2.37. The fraction of sp³-hybridized carbons (Fsp3) is 0.0870. The van der Waals surface area contributed by atoms with E-state index in [-0.39, 0.29) is 22.8 Å². The van der Waals surface area contributed by atoms with Gasteiger partial charge in [-0.15, -0.1) is 0 Å². The molecule has 0 atom stereocenters. The number of aliphatic imine (C=N–C) groups is 1. The van der Waals surface area contributed by atoms with Gasteiger partial charge in [0, 0.05) is 47.0 Å². The summed E-state index contributed by atoms with van der Waals surface area (Å²) in [6.45, 7) is 0. The first-order valence-electron chi connectivity index (χ1n) is 10.5. The smallest absolute Gasteiger partial charge is 0.369 e. The molecule has 0 spiro atoms. The first-order valence-corrected chi connectivity index (χ1v) is 10.5. The monoisotopic (exact) mass is 535 g/mol. The largest absolute Gasteiger partial charge is 0.417 e. The summed E-state index contributed by atoms with van der Waals surface area (Å²) in [6, 6.07) is 5.26. The molecule has 9 nitrogen and oxygen atoms in total. The number of nitrogens with zero attached hydrogens (tertiary/aromatic N) is 3. The zero-order valence-electron chi connectivity index (χ0n) is 18.8. The second kappa shape index (κ2) is 9.84. The van der Waals surface area contributed by atoms with Crippen molar-refractivity contribution in [1.29, 1.82) is 0 Å². The van der Waals surface area contributed by atoms with E-state index in [9.17, 15) is 35.9 Å². The third kappa shape index (κ3) is 5.55. The van der Waals surface area contributed by atoms with Gasteiger partial charge in [-0.1, -0.05) is 0 Å². The number of alkyl halides is 6. The Morgan fingerprint density at radius 2 is 1.26 bits per heavy atom. The van der Waals surface area contributed by atoms with Crippen molar-refractivity contribution < 1.29 is 35.9 Å². The Kier molecular flexibility index (Phi) is 6.76. The van der Waals surface area contributed by atoms with Crippen molar-refractivity contribution in [3.8, 4) is 22.8 Å². The Morgan fingerprint density at radius 3 is 1.71 bits per heavy atom. The highest BCUT2D eigenvalue weighted by atomic mass is 19.4. The molecule has 0 aliphatic rings. The number of rotatable bonds is 4. The van der Waals surface area contributed by atoms with Gasteiger partial charge in [-0.3, -0.25) is 14.9 Å². The van der Waals surface area contributed by atoms with E-state index < -0.39 is 52.4 Å². The Hall–Kier alpha value is -4.95. The molecule has 0 fully saturated rings. The number of H-pyrrole nitrogens is 2. The minimum absolute atomic E-state index is 0.0766. The SMILES string of the molecule is NC(=NC(=O)c1ccc(-c2ncc[nH]2)c(C(F)(F)F)c1)NC(=O)c1ccc(-c2ncc[nH]2)c(C(F)(F)F)c1. The summed E-state index contributed by atoms with van der Waals surface area (Å²) in [4.78, 5) is 40.9. The standard InChI is InChI=1S/C23H15F6N7O2/c24-22(25,26)15-9-11(1-3-13(15)17-31-5-6-32-17)19(37)35-21(30)36-20(38)12-2-4-14(18-33-7-8-34-18)16(10-12)23(27,28)29/h1-10H,(H,31,32)(H,33,34)(H3,30,35,36,37,38). The number of aromatic nitrogens is 4. The quantitative estimate of drug-likeness (QED) is 0.174. The summed E-state index contributed by atoms with van der Waals surface area (Å²) in [6.07, 6.45) is -4.53. The average molecular weight is 535 g/mol. The summed E-state index contributed by atoms with van der Waals surface area (Å²) in [5, 5.41) is 1.95. The van der Waals surface area contributed by atoms with Crippen LogP contribution in [0.15, 0.2) is 66.2 Å². The molecule has 2 heterocycles. The summed E-state index contributed by atoms with van der Waals surface area (Å²) < 4.78 is 81.5. The number of carbonyl (C=O) groups is 2. The second-order valence-electron chi connectivity index (χ2n) is 7.65. The van der Waals surface area contributed by atoms with E-state index in [0.29, 0.717) is 12.1 Å². The molecular weight excluding hydrogens is 520 g/mol. The van der Waals surface area contributed by atoms with Crippen LogP contribution in [0.2, 0.25) is 0 Å². The number of halogens is 6. The molecule has 4 rings (SSSR count). The van der Waals surface area contributed by atoms with Gasteiger partial charge in [0.25, 0.3) is 11.8 Å². The lowest BCUT2D eigenvalue weighted by atomic mass is 10.0. The fourth-order valence-corrected chi connectivity index (χ4v) is 3.46. The van der Waals surface area contributed by atoms with Gasteiger partial charge >= 0.3 is 12.4 Å².